The number of carbonyl (C=O) groups excluding carboxylic acids is 1. The predicted octanol–water partition coefficient (Wildman–Crippen LogP) is 4.51. The molecule has 1 aliphatic heterocycles. The highest BCUT2D eigenvalue weighted by molar-refractivity contribution is 8.13. The fraction of sp³-hybridized carbons (Fsp3) is 0.500. The van der Waals surface area contributed by atoms with Gasteiger partial charge in [-0.15, -0.1) is 0 Å². The van der Waals surface area contributed by atoms with E-state index in [4.69, 9.17) is 5.11 Å². The zero-order chi connectivity index (χ0) is 22.4. The van der Waals surface area contributed by atoms with Crippen LogP contribution < -0.4 is 0 Å². The van der Waals surface area contributed by atoms with Crippen LogP contribution in [-0.2, 0) is 10.7 Å². The quantitative estimate of drug-likeness (QED) is 0.295. The van der Waals surface area contributed by atoms with Gasteiger partial charge in [0.2, 0.25) is 0 Å². The number of thioether (sulfide) groups is 1. The van der Waals surface area contributed by atoms with Gasteiger partial charge in [-0.3, -0.25) is 4.79 Å². The lowest BCUT2D eigenvalue weighted by Crippen LogP contribution is -2.34. The molecule has 2 rings (SSSR count). The van der Waals surface area contributed by atoms with Crippen molar-refractivity contribution in [2.24, 2.45) is 0 Å². The Labute approximate surface area is 175 Å². The van der Waals surface area contributed by atoms with Crippen LogP contribution in [0.5, 0.6) is 0 Å². The van der Waals surface area contributed by atoms with E-state index in [2.05, 4.69) is 0 Å². The van der Waals surface area contributed by atoms with E-state index >= 15 is 0 Å². The summed E-state index contributed by atoms with van der Waals surface area (Å²) < 4.78 is 54.8. The molecule has 0 aromatic heterocycles. The fourth-order valence-electron chi connectivity index (χ4n) is 2.98. The van der Waals surface area contributed by atoms with E-state index in [1.54, 1.807) is 6.07 Å². The maximum atomic E-state index is 14.3. The molecule has 0 spiro atoms. The standard InChI is InChI=1S/C20H23F4NO4S/c21-19(22,17(27)28)11-5-2-6-12-25-15(13-30-18(25)29)9-10-16(26)20(23,24)14-7-3-1-4-8-14/h1,3-4,7-10,15-16,26H,2,5-6,11-13H2,(H,27,28)/b10-9+. The van der Waals surface area contributed by atoms with Crippen LogP contribution >= 0.6 is 11.8 Å². The van der Waals surface area contributed by atoms with E-state index < -0.39 is 36.4 Å². The minimum absolute atomic E-state index is 0.0169. The van der Waals surface area contributed by atoms with Crippen molar-refractivity contribution in [2.45, 2.75) is 49.7 Å². The normalized spacial score (nSPS) is 18.9. The molecule has 30 heavy (non-hydrogen) atoms. The number of alkyl halides is 4. The molecule has 1 fully saturated rings. The van der Waals surface area contributed by atoms with E-state index in [0.29, 0.717) is 18.6 Å². The third-order valence-corrected chi connectivity index (χ3v) is 5.75. The molecule has 1 aliphatic rings. The van der Waals surface area contributed by atoms with Crippen molar-refractivity contribution in [2.75, 3.05) is 12.3 Å². The second-order valence-electron chi connectivity index (χ2n) is 6.98. The van der Waals surface area contributed by atoms with Gasteiger partial charge in [-0.1, -0.05) is 60.7 Å². The minimum atomic E-state index is -3.77. The molecule has 1 aromatic rings. The number of amides is 1. The summed E-state index contributed by atoms with van der Waals surface area (Å²) in [7, 11) is 0. The van der Waals surface area contributed by atoms with Gasteiger partial charge in [-0.05, 0) is 12.8 Å². The minimum Gasteiger partial charge on any atom is -0.477 e. The SMILES string of the molecule is O=C1SCC(/C=C/C(O)C(F)(F)c2ccccc2)N1CCCCCC(F)(F)C(=O)O. The molecule has 2 unspecified atom stereocenters. The van der Waals surface area contributed by atoms with E-state index in [-0.39, 0.29) is 23.8 Å². The second-order valence-corrected chi connectivity index (χ2v) is 7.95. The average molecular weight is 449 g/mol. The molecule has 5 nitrogen and oxygen atoms in total. The zero-order valence-electron chi connectivity index (χ0n) is 16.0. The number of carbonyl (C=O) groups is 2. The third-order valence-electron chi connectivity index (χ3n) is 4.76. The first kappa shape index (κ1) is 24.2. The van der Waals surface area contributed by atoms with Gasteiger partial charge in [-0.2, -0.15) is 17.6 Å². The highest BCUT2D eigenvalue weighted by Crippen LogP contribution is 2.33. The van der Waals surface area contributed by atoms with Crippen LogP contribution in [0.25, 0.3) is 0 Å². The van der Waals surface area contributed by atoms with Crippen molar-refractivity contribution >= 4 is 23.0 Å². The van der Waals surface area contributed by atoms with Crippen molar-refractivity contribution in [3.05, 3.63) is 48.0 Å². The Hall–Kier alpha value is -2.07. The molecule has 0 saturated carbocycles. The molecular weight excluding hydrogens is 426 g/mol. The van der Waals surface area contributed by atoms with Gasteiger partial charge < -0.3 is 15.1 Å². The number of aliphatic hydroxyl groups excluding tert-OH is 1. The van der Waals surface area contributed by atoms with Gasteiger partial charge >= 0.3 is 17.8 Å². The van der Waals surface area contributed by atoms with Crippen LogP contribution in [0, 0.1) is 0 Å². The van der Waals surface area contributed by atoms with E-state index in [1.807, 2.05) is 0 Å². The van der Waals surface area contributed by atoms with E-state index in [0.717, 1.165) is 17.8 Å². The van der Waals surface area contributed by atoms with Crippen LogP contribution in [0.1, 0.15) is 31.2 Å². The number of aliphatic carboxylic acids is 1. The Balaban J connectivity index is 1.87. The van der Waals surface area contributed by atoms with Crippen LogP contribution in [0.3, 0.4) is 0 Å². The van der Waals surface area contributed by atoms with Crippen molar-refractivity contribution in [1.82, 2.24) is 4.90 Å². The van der Waals surface area contributed by atoms with Gasteiger partial charge in [0.1, 0.15) is 6.10 Å². The Morgan fingerprint density at radius 3 is 2.50 bits per heavy atom. The summed E-state index contributed by atoms with van der Waals surface area (Å²) in [5, 5.41) is 18.1. The van der Waals surface area contributed by atoms with Crippen molar-refractivity contribution in [3.8, 4) is 0 Å². The number of halogens is 4. The molecule has 0 radical (unpaired) electrons. The lowest BCUT2D eigenvalue weighted by Gasteiger charge is -2.23. The first-order valence-corrected chi connectivity index (χ1v) is 10.4. The summed E-state index contributed by atoms with van der Waals surface area (Å²) in [6.07, 6.45) is 0.125. The lowest BCUT2D eigenvalue weighted by molar-refractivity contribution is -0.165. The summed E-state index contributed by atoms with van der Waals surface area (Å²) in [6, 6.07) is 6.41. The number of nitrogens with zero attached hydrogens (tertiary/aromatic N) is 1. The highest BCUT2D eigenvalue weighted by Gasteiger charge is 2.40. The summed E-state index contributed by atoms with van der Waals surface area (Å²) >= 11 is 1.01. The van der Waals surface area contributed by atoms with Crippen LogP contribution in [-0.4, -0.2) is 56.7 Å². The van der Waals surface area contributed by atoms with Crippen LogP contribution in [0.15, 0.2) is 42.5 Å². The summed E-state index contributed by atoms with van der Waals surface area (Å²) in [5.41, 5.74) is -0.325. The number of benzene rings is 1. The summed E-state index contributed by atoms with van der Waals surface area (Å²) in [6.45, 7) is 0.227. The Bertz CT molecular complexity index is 760. The van der Waals surface area contributed by atoms with Gasteiger partial charge in [0.05, 0.1) is 6.04 Å². The smallest absolute Gasteiger partial charge is 0.374 e. The topological polar surface area (TPSA) is 77.8 Å². The van der Waals surface area contributed by atoms with E-state index in [9.17, 15) is 32.3 Å². The Morgan fingerprint density at radius 1 is 1.20 bits per heavy atom. The fourth-order valence-corrected chi connectivity index (χ4v) is 3.98. The Morgan fingerprint density at radius 2 is 1.87 bits per heavy atom. The molecule has 1 aromatic carbocycles. The average Bonchev–Trinajstić information content (AvgIpc) is 3.05. The highest BCUT2D eigenvalue weighted by atomic mass is 32.2. The maximum absolute atomic E-state index is 14.3. The van der Waals surface area contributed by atoms with Gasteiger partial charge in [-0.25, -0.2) is 4.79 Å². The second kappa shape index (κ2) is 10.3. The lowest BCUT2D eigenvalue weighted by atomic mass is 10.0. The molecule has 0 aliphatic carbocycles. The number of rotatable bonds is 11. The molecule has 1 amide bonds. The molecular formula is C20H23F4NO4S. The number of hydrogen-bond acceptors (Lipinski definition) is 4. The first-order valence-electron chi connectivity index (χ1n) is 9.40. The summed E-state index contributed by atoms with van der Waals surface area (Å²) in [5.74, 6) is -9.10. The molecule has 2 N–H and O–H groups in total. The molecule has 1 saturated heterocycles. The predicted molar refractivity (Wildman–Crippen MR) is 105 cm³/mol. The molecule has 1 heterocycles. The zero-order valence-corrected chi connectivity index (χ0v) is 16.8. The van der Waals surface area contributed by atoms with Gasteiger partial charge in [0.15, 0.2) is 0 Å². The summed E-state index contributed by atoms with van der Waals surface area (Å²) in [4.78, 5) is 23.8. The monoisotopic (exact) mass is 449 g/mol. The van der Waals surface area contributed by atoms with Crippen molar-refractivity contribution in [1.29, 1.82) is 0 Å². The van der Waals surface area contributed by atoms with Crippen molar-refractivity contribution < 1.29 is 37.4 Å². The van der Waals surface area contributed by atoms with Crippen LogP contribution in [0.2, 0.25) is 0 Å². The maximum Gasteiger partial charge on any atom is 0.374 e. The molecule has 0 bridgehead atoms. The van der Waals surface area contributed by atoms with Gasteiger partial charge in [0, 0.05) is 24.3 Å². The van der Waals surface area contributed by atoms with Gasteiger partial charge in [0.25, 0.3) is 5.24 Å². The number of hydrogen-bond donors (Lipinski definition) is 2. The number of carboxylic acid groups (broad SMARTS) is 1. The van der Waals surface area contributed by atoms with Crippen LogP contribution in [0.4, 0.5) is 22.4 Å². The molecule has 10 heteroatoms. The molecule has 2 atom stereocenters. The number of aliphatic hydroxyl groups is 1. The largest absolute Gasteiger partial charge is 0.477 e. The van der Waals surface area contributed by atoms with Crippen molar-refractivity contribution in [3.63, 3.8) is 0 Å². The van der Waals surface area contributed by atoms with E-state index in [1.165, 1.54) is 35.2 Å². The molecule has 166 valence electrons. The number of carboxylic acids is 1. The first-order chi connectivity index (χ1) is 14.1. The Kier molecular flexibility index (Phi) is 8.31. The third kappa shape index (κ3) is 6.21. The number of unbranched alkanes of at least 4 members (excludes halogenated alkanes) is 2.